The van der Waals surface area contributed by atoms with Crippen molar-refractivity contribution in [2.24, 2.45) is 0 Å². The van der Waals surface area contributed by atoms with Crippen LogP contribution in [0.4, 0.5) is 17.1 Å². The summed E-state index contributed by atoms with van der Waals surface area (Å²) in [5.41, 5.74) is 0.273. The molecule has 0 saturated heterocycles. The van der Waals surface area contributed by atoms with Crippen LogP contribution >= 0.6 is 0 Å². The average Bonchev–Trinajstić information content (AvgIpc) is 2.78. The Kier molecular flexibility index (Phi) is 6.64. The van der Waals surface area contributed by atoms with Crippen LogP contribution in [0, 0.1) is 10.1 Å². The fraction of sp³-hybridized carbons (Fsp3) is 0.0909. The van der Waals surface area contributed by atoms with Gasteiger partial charge in [-0.25, -0.2) is 8.42 Å². The Labute approximate surface area is 184 Å². The van der Waals surface area contributed by atoms with E-state index in [0.29, 0.717) is 11.3 Å². The summed E-state index contributed by atoms with van der Waals surface area (Å²) >= 11 is 0. The van der Waals surface area contributed by atoms with Gasteiger partial charge in [0, 0.05) is 17.3 Å². The van der Waals surface area contributed by atoms with E-state index in [1.165, 1.54) is 37.3 Å². The van der Waals surface area contributed by atoms with Crippen molar-refractivity contribution in [1.82, 2.24) is 0 Å². The number of Topliss-reactive ketones (excluding diaryl/α,β-unsaturated/α-hetero) is 1. The largest absolute Gasteiger partial charge is 0.324 e. The van der Waals surface area contributed by atoms with Crippen molar-refractivity contribution >= 4 is 38.8 Å². The Bertz CT molecular complexity index is 1280. The van der Waals surface area contributed by atoms with Crippen molar-refractivity contribution in [3.63, 3.8) is 0 Å². The SMILES string of the molecule is CC(=O)c1cccc(NC(=O)CN(c2ccccc2)S(=O)(=O)c2ccccc2[N+](=O)[O-])c1. The zero-order valence-electron chi connectivity index (χ0n) is 17.0. The molecule has 0 bridgehead atoms. The van der Waals surface area contributed by atoms with Gasteiger partial charge < -0.3 is 5.32 Å². The van der Waals surface area contributed by atoms with Gasteiger partial charge in [0.05, 0.1) is 10.6 Å². The average molecular weight is 453 g/mol. The maximum atomic E-state index is 13.4. The number of nitro benzene ring substituents is 1. The van der Waals surface area contributed by atoms with Crippen LogP contribution in [-0.4, -0.2) is 31.6 Å². The molecule has 164 valence electrons. The van der Waals surface area contributed by atoms with Crippen molar-refractivity contribution in [1.29, 1.82) is 0 Å². The van der Waals surface area contributed by atoms with E-state index >= 15 is 0 Å². The molecule has 0 saturated carbocycles. The molecule has 1 N–H and O–H groups in total. The summed E-state index contributed by atoms with van der Waals surface area (Å²) in [7, 11) is -4.46. The maximum Gasteiger partial charge on any atom is 0.289 e. The number of rotatable bonds is 8. The number of ketones is 1. The third-order valence-electron chi connectivity index (χ3n) is 4.51. The van der Waals surface area contributed by atoms with Crippen LogP contribution in [0.25, 0.3) is 0 Å². The number of carbonyl (C=O) groups excluding carboxylic acids is 2. The molecule has 0 atom stereocenters. The topological polar surface area (TPSA) is 127 Å². The van der Waals surface area contributed by atoms with Gasteiger partial charge in [-0.3, -0.25) is 24.0 Å². The number of para-hydroxylation sites is 2. The molecule has 0 aromatic heterocycles. The van der Waals surface area contributed by atoms with Crippen molar-refractivity contribution in [2.45, 2.75) is 11.8 Å². The van der Waals surface area contributed by atoms with Gasteiger partial charge in [-0.1, -0.05) is 42.5 Å². The number of amides is 1. The second-order valence-corrected chi connectivity index (χ2v) is 8.59. The number of anilines is 2. The van der Waals surface area contributed by atoms with Crippen LogP contribution in [0.15, 0.2) is 83.8 Å². The highest BCUT2D eigenvalue weighted by Crippen LogP contribution is 2.29. The summed E-state index contributed by atoms with van der Waals surface area (Å²) in [6.45, 7) is 0.750. The van der Waals surface area contributed by atoms with Gasteiger partial charge in [-0.05, 0) is 37.3 Å². The lowest BCUT2D eigenvalue weighted by atomic mass is 10.1. The minimum Gasteiger partial charge on any atom is -0.324 e. The first kappa shape index (κ1) is 22.6. The number of benzene rings is 3. The number of nitrogens with one attached hydrogen (secondary N) is 1. The van der Waals surface area contributed by atoms with E-state index in [4.69, 9.17) is 0 Å². The summed E-state index contributed by atoms with van der Waals surface area (Å²) < 4.78 is 27.6. The molecule has 10 heteroatoms. The van der Waals surface area contributed by atoms with Crippen LogP contribution in [0.5, 0.6) is 0 Å². The molecule has 0 unspecified atom stereocenters. The summed E-state index contributed by atoms with van der Waals surface area (Å²) in [5, 5.41) is 14.0. The number of sulfonamides is 1. The van der Waals surface area contributed by atoms with Gasteiger partial charge in [0.15, 0.2) is 10.7 Å². The summed E-state index contributed by atoms with van der Waals surface area (Å²) in [5.74, 6) is -0.873. The van der Waals surface area contributed by atoms with E-state index in [2.05, 4.69) is 5.32 Å². The fourth-order valence-corrected chi connectivity index (χ4v) is 4.58. The first-order valence-corrected chi connectivity index (χ1v) is 10.9. The molecular weight excluding hydrogens is 434 g/mol. The first-order chi connectivity index (χ1) is 15.2. The van der Waals surface area contributed by atoms with Crippen molar-refractivity contribution in [3.05, 3.63) is 94.5 Å². The Morgan fingerprint density at radius 3 is 2.28 bits per heavy atom. The third-order valence-corrected chi connectivity index (χ3v) is 6.34. The normalized spacial score (nSPS) is 10.9. The quantitative estimate of drug-likeness (QED) is 0.315. The van der Waals surface area contributed by atoms with Crippen molar-refractivity contribution in [3.8, 4) is 0 Å². The smallest absolute Gasteiger partial charge is 0.289 e. The molecule has 9 nitrogen and oxygen atoms in total. The van der Waals surface area contributed by atoms with Gasteiger partial charge in [0.1, 0.15) is 6.54 Å². The molecule has 3 aromatic rings. The van der Waals surface area contributed by atoms with E-state index in [0.717, 1.165) is 16.4 Å². The number of carbonyl (C=O) groups is 2. The molecule has 0 aliphatic heterocycles. The van der Waals surface area contributed by atoms with Crippen molar-refractivity contribution in [2.75, 3.05) is 16.2 Å². The molecule has 3 rings (SSSR count). The predicted molar refractivity (Wildman–Crippen MR) is 119 cm³/mol. The van der Waals surface area contributed by atoms with Crippen LogP contribution in [-0.2, 0) is 14.8 Å². The highest BCUT2D eigenvalue weighted by molar-refractivity contribution is 7.93. The van der Waals surface area contributed by atoms with E-state index in [9.17, 15) is 28.1 Å². The van der Waals surface area contributed by atoms with Gasteiger partial charge in [-0.15, -0.1) is 0 Å². The number of nitro groups is 1. The molecule has 1 amide bonds. The fourth-order valence-electron chi connectivity index (χ4n) is 3.00. The lowest BCUT2D eigenvalue weighted by molar-refractivity contribution is -0.387. The van der Waals surface area contributed by atoms with E-state index in [-0.39, 0.29) is 11.5 Å². The third kappa shape index (κ3) is 4.98. The number of hydrogen-bond donors (Lipinski definition) is 1. The predicted octanol–water partition coefficient (Wildman–Crippen LogP) is 3.63. The Morgan fingerprint density at radius 2 is 1.62 bits per heavy atom. The summed E-state index contributed by atoms with van der Waals surface area (Å²) in [4.78, 5) is 34.4. The highest BCUT2D eigenvalue weighted by atomic mass is 32.2. The van der Waals surface area contributed by atoms with Gasteiger partial charge >= 0.3 is 0 Å². The lowest BCUT2D eigenvalue weighted by Crippen LogP contribution is -2.38. The second-order valence-electron chi connectivity index (χ2n) is 6.76. The highest BCUT2D eigenvalue weighted by Gasteiger charge is 2.33. The van der Waals surface area contributed by atoms with Crippen molar-refractivity contribution < 1.29 is 22.9 Å². The minimum atomic E-state index is -4.46. The molecule has 0 radical (unpaired) electrons. The van der Waals surface area contributed by atoms with Gasteiger partial charge in [-0.2, -0.15) is 0 Å². The van der Waals surface area contributed by atoms with Crippen LogP contribution in [0.2, 0.25) is 0 Å². The molecule has 0 fully saturated rings. The monoisotopic (exact) mass is 453 g/mol. The van der Waals surface area contributed by atoms with Gasteiger partial charge in [0.25, 0.3) is 15.7 Å². The Hall–Kier alpha value is -4.05. The molecule has 32 heavy (non-hydrogen) atoms. The first-order valence-electron chi connectivity index (χ1n) is 9.42. The Balaban J connectivity index is 1.98. The number of nitrogens with zero attached hydrogens (tertiary/aromatic N) is 2. The van der Waals surface area contributed by atoms with Crippen LogP contribution in [0.3, 0.4) is 0 Å². The molecular formula is C22H19N3O6S. The molecule has 0 aliphatic rings. The molecule has 0 spiro atoms. The van der Waals surface area contributed by atoms with E-state index < -0.39 is 38.0 Å². The van der Waals surface area contributed by atoms with E-state index in [1.807, 2.05) is 0 Å². The Morgan fingerprint density at radius 1 is 0.969 bits per heavy atom. The van der Waals surface area contributed by atoms with Crippen LogP contribution < -0.4 is 9.62 Å². The minimum absolute atomic E-state index is 0.165. The molecule has 0 heterocycles. The summed E-state index contributed by atoms with van der Waals surface area (Å²) in [6.07, 6.45) is 0. The van der Waals surface area contributed by atoms with Gasteiger partial charge in [0.2, 0.25) is 5.91 Å². The van der Waals surface area contributed by atoms with E-state index in [1.54, 1.807) is 36.4 Å². The zero-order chi connectivity index (χ0) is 23.3. The second kappa shape index (κ2) is 9.40. The zero-order valence-corrected chi connectivity index (χ0v) is 17.8. The molecule has 3 aromatic carbocycles. The lowest BCUT2D eigenvalue weighted by Gasteiger charge is -2.24. The standard InChI is InChI=1S/C22H19N3O6S/c1-16(26)17-8-7-9-18(14-17)23-22(27)15-24(19-10-3-2-4-11-19)32(30,31)21-13-6-5-12-20(21)25(28)29/h2-14H,15H2,1H3,(H,23,27). The number of hydrogen-bond acceptors (Lipinski definition) is 6. The maximum absolute atomic E-state index is 13.4. The molecule has 0 aliphatic carbocycles. The van der Waals surface area contributed by atoms with Crippen LogP contribution in [0.1, 0.15) is 17.3 Å². The summed E-state index contributed by atoms with van der Waals surface area (Å²) in [6, 6.07) is 19.0.